The maximum atomic E-state index is 12.7. The molecule has 4 heteroatoms. The summed E-state index contributed by atoms with van der Waals surface area (Å²) in [5.74, 6) is -0.247. The molecule has 0 saturated heterocycles. The number of nitrogens with zero attached hydrogens (tertiary/aromatic N) is 2. The molecule has 0 N–H and O–H groups in total. The molecule has 1 aromatic carbocycles. The van der Waals surface area contributed by atoms with Crippen LogP contribution in [0.5, 0.6) is 0 Å². The number of hydrogen-bond donors (Lipinski definition) is 0. The van der Waals surface area contributed by atoms with E-state index in [0.29, 0.717) is 0 Å². The van der Waals surface area contributed by atoms with Crippen LogP contribution in [-0.4, -0.2) is 10.2 Å². The highest BCUT2D eigenvalue weighted by atomic mass is 32.1. The molecule has 0 amide bonds. The van der Waals surface area contributed by atoms with Gasteiger partial charge in [0.05, 0.1) is 0 Å². The van der Waals surface area contributed by atoms with Crippen molar-refractivity contribution in [3.8, 4) is 10.6 Å². The molecule has 2 aromatic rings. The third kappa shape index (κ3) is 1.33. The molecule has 2 nitrogen and oxygen atoms in total. The van der Waals surface area contributed by atoms with Gasteiger partial charge >= 0.3 is 0 Å². The van der Waals surface area contributed by atoms with Crippen molar-refractivity contribution in [2.75, 3.05) is 0 Å². The zero-order valence-corrected chi connectivity index (χ0v) is 6.88. The second kappa shape index (κ2) is 2.98. The summed E-state index contributed by atoms with van der Waals surface area (Å²) in [4.78, 5) is 0. The van der Waals surface area contributed by atoms with E-state index in [2.05, 4.69) is 10.2 Å². The highest BCUT2D eigenvalue weighted by Crippen LogP contribution is 2.20. The minimum Gasteiger partial charge on any atom is -0.207 e. The predicted octanol–water partition coefficient (Wildman–Crippen LogP) is 2.34. The van der Waals surface area contributed by atoms with Crippen LogP contribution in [0.15, 0.2) is 29.8 Å². The van der Waals surface area contributed by atoms with Gasteiger partial charge in [-0.05, 0) is 12.1 Å². The average molecular weight is 180 g/mol. The lowest BCUT2D eigenvalue weighted by Gasteiger charge is -1.93. The van der Waals surface area contributed by atoms with Gasteiger partial charge in [-0.2, -0.15) is 0 Å². The highest BCUT2D eigenvalue weighted by Gasteiger charge is 2.00. The first-order valence-electron chi connectivity index (χ1n) is 3.38. The Balaban J connectivity index is 2.48. The standard InChI is InChI=1S/C8H5FN2S/c9-7-3-1-2-6(4-7)8-11-10-5-12-8/h1-5H. The first-order valence-corrected chi connectivity index (χ1v) is 4.26. The largest absolute Gasteiger partial charge is 0.207 e. The van der Waals surface area contributed by atoms with Crippen LogP contribution in [0, 0.1) is 5.82 Å². The van der Waals surface area contributed by atoms with Gasteiger partial charge in [0.25, 0.3) is 0 Å². The Morgan fingerprint density at radius 2 is 2.25 bits per heavy atom. The Morgan fingerprint density at radius 1 is 1.33 bits per heavy atom. The Labute approximate surface area is 72.7 Å². The van der Waals surface area contributed by atoms with Crippen molar-refractivity contribution in [1.29, 1.82) is 0 Å². The number of rotatable bonds is 1. The Morgan fingerprint density at radius 3 is 2.92 bits per heavy atom. The summed E-state index contributed by atoms with van der Waals surface area (Å²) in [6.45, 7) is 0. The van der Waals surface area contributed by atoms with Crippen molar-refractivity contribution in [3.05, 3.63) is 35.6 Å². The minimum absolute atomic E-state index is 0.247. The molecular weight excluding hydrogens is 175 g/mol. The van der Waals surface area contributed by atoms with Crippen molar-refractivity contribution in [2.45, 2.75) is 0 Å². The van der Waals surface area contributed by atoms with Crippen LogP contribution in [-0.2, 0) is 0 Å². The molecule has 0 bridgehead atoms. The zero-order valence-electron chi connectivity index (χ0n) is 6.07. The van der Waals surface area contributed by atoms with Gasteiger partial charge in [0.15, 0.2) is 0 Å². The second-order valence-corrected chi connectivity index (χ2v) is 3.09. The van der Waals surface area contributed by atoms with Crippen molar-refractivity contribution in [3.63, 3.8) is 0 Å². The number of halogens is 1. The topological polar surface area (TPSA) is 25.8 Å². The van der Waals surface area contributed by atoms with E-state index in [0.717, 1.165) is 10.6 Å². The quantitative estimate of drug-likeness (QED) is 0.673. The van der Waals surface area contributed by atoms with Gasteiger partial charge in [-0.15, -0.1) is 10.2 Å². The van der Waals surface area contributed by atoms with Gasteiger partial charge in [0.1, 0.15) is 16.3 Å². The fourth-order valence-corrected chi connectivity index (χ4v) is 1.47. The van der Waals surface area contributed by atoms with E-state index in [-0.39, 0.29) is 5.82 Å². The molecule has 0 unspecified atom stereocenters. The molecule has 0 aliphatic carbocycles. The molecule has 60 valence electrons. The fraction of sp³-hybridized carbons (Fsp3) is 0. The molecule has 0 atom stereocenters. The van der Waals surface area contributed by atoms with Crippen LogP contribution < -0.4 is 0 Å². The molecule has 0 saturated carbocycles. The molecule has 1 heterocycles. The smallest absolute Gasteiger partial charge is 0.147 e. The van der Waals surface area contributed by atoms with E-state index in [1.54, 1.807) is 11.6 Å². The van der Waals surface area contributed by atoms with Crippen LogP contribution in [0.25, 0.3) is 10.6 Å². The molecule has 12 heavy (non-hydrogen) atoms. The molecule has 1 aromatic heterocycles. The predicted molar refractivity (Wildman–Crippen MR) is 45.3 cm³/mol. The maximum absolute atomic E-state index is 12.7. The fourth-order valence-electron chi connectivity index (χ4n) is 0.920. The third-order valence-electron chi connectivity index (χ3n) is 1.43. The minimum atomic E-state index is -0.247. The Kier molecular flexibility index (Phi) is 1.83. The highest BCUT2D eigenvalue weighted by molar-refractivity contribution is 7.12. The van der Waals surface area contributed by atoms with Crippen LogP contribution in [0.4, 0.5) is 4.39 Å². The zero-order chi connectivity index (χ0) is 8.39. The molecule has 2 rings (SSSR count). The molecule has 0 spiro atoms. The monoisotopic (exact) mass is 180 g/mol. The molecular formula is C8H5FN2S. The number of benzene rings is 1. The van der Waals surface area contributed by atoms with Gasteiger partial charge in [-0.25, -0.2) is 4.39 Å². The van der Waals surface area contributed by atoms with Crippen molar-refractivity contribution in [1.82, 2.24) is 10.2 Å². The molecule has 0 fully saturated rings. The van der Waals surface area contributed by atoms with E-state index in [1.807, 2.05) is 6.07 Å². The van der Waals surface area contributed by atoms with Crippen LogP contribution >= 0.6 is 11.3 Å². The number of aromatic nitrogens is 2. The van der Waals surface area contributed by atoms with Crippen molar-refractivity contribution in [2.24, 2.45) is 0 Å². The van der Waals surface area contributed by atoms with E-state index in [9.17, 15) is 4.39 Å². The summed E-state index contributed by atoms with van der Waals surface area (Å²) in [7, 11) is 0. The lowest BCUT2D eigenvalue weighted by molar-refractivity contribution is 0.628. The summed E-state index contributed by atoms with van der Waals surface area (Å²) < 4.78 is 12.7. The van der Waals surface area contributed by atoms with Gasteiger partial charge in [0.2, 0.25) is 0 Å². The van der Waals surface area contributed by atoms with Gasteiger partial charge in [-0.3, -0.25) is 0 Å². The van der Waals surface area contributed by atoms with Gasteiger partial charge < -0.3 is 0 Å². The van der Waals surface area contributed by atoms with Crippen LogP contribution in [0.2, 0.25) is 0 Å². The summed E-state index contributed by atoms with van der Waals surface area (Å²) in [6.07, 6.45) is 0. The normalized spacial score (nSPS) is 10.1. The molecule has 0 aliphatic heterocycles. The van der Waals surface area contributed by atoms with Crippen molar-refractivity contribution >= 4 is 11.3 Å². The van der Waals surface area contributed by atoms with Crippen molar-refractivity contribution < 1.29 is 4.39 Å². The average Bonchev–Trinajstić information content (AvgIpc) is 2.56. The number of hydrogen-bond acceptors (Lipinski definition) is 3. The molecule has 0 radical (unpaired) electrons. The van der Waals surface area contributed by atoms with E-state index < -0.39 is 0 Å². The van der Waals surface area contributed by atoms with Gasteiger partial charge in [-0.1, -0.05) is 23.5 Å². The Hall–Kier alpha value is -1.29. The maximum Gasteiger partial charge on any atom is 0.147 e. The lowest BCUT2D eigenvalue weighted by Crippen LogP contribution is -1.78. The summed E-state index contributed by atoms with van der Waals surface area (Å²) in [5.41, 5.74) is 2.40. The lowest BCUT2D eigenvalue weighted by atomic mass is 10.2. The second-order valence-electron chi connectivity index (χ2n) is 2.25. The van der Waals surface area contributed by atoms with Crippen LogP contribution in [0.1, 0.15) is 0 Å². The summed E-state index contributed by atoms with van der Waals surface area (Å²) >= 11 is 1.40. The summed E-state index contributed by atoms with van der Waals surface area (Å²) in [5, 5.41) is 8.25. The van der Waals surface area contributed by atoms with E-state index in [4.69, 9.17) is 0 Å². The first-order chi connectivity index (χ1) is 5.86. The van der Waals surface area contributed by atoms with E-state index in [1.165, 1.54) is 23.5 Å². The Bertz CT molecular complexity index is 372. The van der Waals surface area contributed by atoms with Gasteiger partial charge in [0, 0.05) is 5.56 Å². The third-order valence-corrected chi connectivity index (χ3v) is 2.17. The summed E-state index contributed by atoms with van der Waals surface area (Å²) in [6, 6.07) is 6.32. The van der Waals surface area contributed by atoms with Crippen LogP contribution in [0.3, 0.4) is 0 Å². The van der Waals surface area contributed by atoms with E-state index >= 15 is 0 Å². The first kappa shape index (κ1) is 7.36. The SMILES string of the molecule is Fc1cccc(-c2nncs2)c1. The molecule has 0 aliphatic rings.